The van der Waals surface area contributed by atoms with Gasteiger partial charge in [-0.1, -0.05) is 13.8 Å². The van der Waals surface area contributed by atoms with E-state index in [9.17, 15) is 4.79 Å². The number of amides is 1. The molecule has 1 aliphatic rings. The summed E-state index contributed by atoms with van der Waals surface area (Å²) < 4.78 is 0. The molecular weight excluding hydrogens is 190 g/mol. The highest BCUT2D eigenvalue weighted by atomic mass is 16.2. The summed E-state index contributed by atoms with van der Waals surface area (Å²) in [6.07, 6.45) is 0. The molecule has 1 rings (SSSR count). The topological polar surface area (TPSA) is 49.6 Å². The number of nitrogens with zero attached hydrogens (tertiary/aromatic N) is 2. The Labute approximate surface area is 92.4 Å². The number of carbonyl (C=O) groups excluding carboxylic acids is 1. The average molecular weight is 213 g/mol. The summed E-state index contributed by atoms with van der Waals surface area (Å²) in [4.78, 5) is 15.9. The summed E-state index contributed by atoms with van der Waals surface area (Å²) in [5.74, 6) is 0.701. The highest BCUT2D eigenvalue weighted by Gasteiger charge is 2.33. The molecule has 1 fully saturated rings. The maximum absolute atomic E-state index is 11.8. The van der Waals surface area contributed by atoms with Crippen molar-refractivity contribution in [2.45, 2.75) is 32.9 Å². The van der Waals surface area contributed by atoms with Crippen molar-refractivity contribution in [3.63, 3.8) is 0 Å². The van der Waals surface area contributed by atoms with Gasteiger partial charge in [0.1, 0.15) is 0 Å². The Morgan fingerprint density at radius 1 is 1.47 bits per heavy atom. The lowest BCUT2D eigenvalue weighted by atomic mass is 9.99. The largest absolute Gasteiger partial charge is 0.340 e. The van der Waals surface area contributed by atoms with Gasteiger partial charge in [0.05, 0.1) is 6.54 Å². The number of rotatable bonds is 3. The van der Waals surface area contributed by atoms with Crippen LogP contribution in [0.3, 0.4) is 0 Å². The summed E-state index contributed by atoms with van der Waals surface area (Å²) in [6.45, 7) is 8.46. The number of hydrogen-bond acceptors (Lipinski definition) is 3. The van der Waals surface area contributed by atoms with Gasteiger partial charge in [-0.2, -0.15) is 0 Å². The van der Waals surface area contributed by atoms with Crippen molar-refractivity contribution in [1.29, 1.82) is 0 Å². The van der Waals surface area contributed by atoms with Crippen LogP contribution >= 0.6 is 0 Å². The minimum atomic E-state index is 0.209. The number of likely N-dealkylation sites (N-methyl/N-ethyl adjacent to an activating group) is 1. The van der Waals surface area contributed by atoms with E-state index in [4.69, 9.17) is 5.73 Å². The van der Waals surface area contributed by atoms with E-state index in [1.807, 2.05) is 11.9 Å². The first kappa shape index (κ1) is 12.5. The summed E-state index contributed by atoms with van der Waals surface area (Å²) in [7, 11) is 1.90. The predicted molar refractivity (Wildman–Crippen MR) is 61.5 cm³/mol. The molecule has 0 spiro atoms. The van der Waals surface area contributed by atoms with Crippen molar-refractivity contribution in [3.05, 3.63) is 0 Å². The van der Waals surface area contributed by atoms with Gasteiger partial charge in [-0.15, -0.1) is 0 Å². The van der Waals surface area contributed by atoms with Crippen LogP contribution in [0.2, 0.25) is 0 Å². The van der Waals surface area contributed by atoms with Crippen LogP contribution in [-0.2, 0) is 4.79 Å². The molecule has 1 amide bonds. The maximum atomic E-state index is 11.8. The van der Waals surface area contributed by atoms with E-state index in [1.54, 1.807) is 0 Å². The van der Waals surface area contributed by atoms with Crippen molar-refractivity contribution < 1.29 is 4.79 Å². The van der Waals surface area contributed by atoms with Gasteiger partial charge >= 0.3 is 0 Å². The molecule has 15 heavy (non-hydrogen) atoms. The third-order valence-electron chi connectivity index (χ3n) is 3.38. The van der Waals surface area contributed by atoms with E-state index < -0.39 is 0 Å². The van der Waals surface area contributed by atoms with E-state index in [0.29, 0.717) is 31.1 Å². The average Bonchev–Trinajstić information content (AvgIpc) is 2.20. The Morgan fingerprint density at radius 3 is 2.53 bits per heavy atom. The summed E-state index contributed by atoms with van der Waals surface area (Å²) in [5, 5.41) is 0. The van der Waals surface area contributed by atoms with Gasteiger partial charge in [0.2, 0.25) is 5.91 Å². The van der Waals surface area contributed by atoms with Crippen molar-refractivity contribution in [1.82, 2.24) is 9.80 Å². The van der Waals surface area contributed by atoms with Crippen molar-refractivity contribution >= 4 is 5.91 Å². The fourth-order valence-electron chi connectivity index (χ4n) is 2.04. The molecule has 4 heteroatoms. The maximum Gasteiger partial charge on any atom is 0.236 e. The Bertz CT molecular complexity index is 230. The first-order chi connectivity index (χ1) is 6.97. The van der Waals surface area contributed by atoms with Gasteiger partial charge in [0.25, 0.3) is 0 Å². The zero-order chi connectivity index (χ0) is 11.6. The van der Waals surface area contributed by atoms with Crippen LogP contribution in [0.4, 0.5) is 0 Å². The molecule has 0 saturated carbocycles. The van der Waals surface area contributed by atoms with Gasteiger partial charge in [-0.25, -0.2) is 0 Å². The minimum Gasteiger partial charge on any atom is -0.340 e. The van der Waals surface area contributed by atoms with Crippen LogP contribution in [0.15, 0.2) is 0 Å². The molecule has 0 aromatic carbocycles. The van der Waals surface area contributed by atoms with E-state index in [0.717, 1.165) is 6.54 Å². The molecule has 2 N–H and O–H groups in total. The molecule has 4 nitrogen and oxygen atoms in total. The van der Waals surface area contributed by atoms with Crippen molar-refractivity contribution in [2.75, 3.05) is 26.7 Å². The molecule has 0 aromatic heterocycles. The Morgan fingerprint density at radius 2 is 2.07 bits per heavy atom. The lowest BCUT2D eigenvalue weighted by Gasteiger charge is -2.43. The Balaban J connectivity index is 2.71. The second-order valence-electron chi connectivity index (χ2n) is 4.83. The molecule has 0 bridgehead atoms. The van der Waals surface area contributed by atoms with Crippen LogP contribution in [0, 0.1) is 5.92 Å². The lowest BCUT2D eigenvalue weighted by molar-refractivity contribution is -0.140. The molecular formula is C11H23N3O. The zero-order valence-corrected chi connectivity index (χ0v) is 10.2. The van der Waals surface area contributed by atoms with Gasteiger partial charge in [0.15, 0.2) is 0 Å². The second kappa shape index (κ2) is 4.94. The summed E-state index contributed by atoms with van der Waals surface area (Å²) in [5.41, 5.74) is 5.64. The second-order valence-corrected chi connectivity index (χ2v) is 4.83. The van der Waals surface area contributed by atoms with Gasteiger partial charge in [-0.05, 0) is 12.8 Å². The number of carbonyl (C=O) groups is 1. The molecule has 1 saturated heterocycles. The van der Waals surface area contributed by atoms with Crippen LogP contribution in [-0.4, -0.2) is 54.5 Å². The molecule has 2 atom stereocenters. The smallest absolute Gasteiger partial charge is 0.236 e. The molecule has 0 radical (unpaired) electrons. The Kier molecular flexibility index (Phi) is 4.11. The zero-order valence-electron chi connectivity index (χ0n) is 10.2. The fourth-order valence-corrected chi connectivity index (χ4v) is 2.04. The lowest BCUT2D eigenvalue weighted by Crippen LogP contribution is -2.59. The standard InChI is InChI=1S/C11H23N3O/c1-8(2)10-6-14(9(3)5-12)7-11(15)13(10)4/h8-10H,5-7,12H2,1-4H3. The van der Waals surface area contributed by atoms with E-state index in [2.05, 4.69) is 25.7 Å². The molecule has 0 aromatic rings. The first-order valence-corrected chi connectivity index (χ1v) is 5.67. The number of piperazine rings is 1. The van der Waals surface area contributed by atoms with Crippen LogP contribution in [0.25, 0.3) is 0 Å². The molecule has 1 heterocycles. The monoisotopic (exact) mass is 213 g/mol. The van der Waals surface area contributed by atoms with Gasteiger partial charge in [0, 0.05) is 32.2 Å². The quantitative estimate of drug-likeness (QED) is 0.725. The SMILES string of the molecule is CC(C)C1CN(C(C)CN)CC(=O)N1C. The molecule has 0 aliphatic carbocycles. The number of nitrogens with two attached hydrogens (primary N) is 1. The van der Waals surface area contributed by atoms with Crippen molar-refractivity contribution in [3.8, 4) is 0 Å². The van der Waals surface area contributed by atoms with Crippen LogP contribution in [0.5, 0.6) is 0 Å². The third-order valence-corrected chi connectivity index (χ3v) is 3.38. The molecule has 1 aliphatic heterocycles. The predicted octanol–water partition coefficient (Wildman–Crippen LogP) is 0.132. The van der Waals surface area contributed by atoms with Crippen molar-refractivity contribution in [2.24, 2.45) is 11.7 Å². The fraction of sp³-hybridized carbons (Fsp3) is 0.909. The van der Waals surface area contributed by atoms with Gasteiger partial charge < -0.3 is 10.6 Å². The number of hydrogen-bond donors (Lipinski definition) is 1. The van der Waals surface area contributed by atoms with E-state index >= 15 is 0 Å². The third kappa shape index (κ3) is 2.69. The highest BCUT2D eigenvalue weighted by Crippen LogP contribution is 2.17. The van der Waals surface area contributed by atoms with E-state index in [-0.39, 0.29) is 5.91 Å². The highest BCUT2D eigenvalue weighted by molar-refractivity contribution is 5.79. The van der Waals surface area contributed by atoms with E-state index in [1.165, 1.54) is 0 Å². The van der Waals surface area contributed by atoms with Crippen LogP contribution in [0.1, 0.15) is 20.8 Å². The molecule has 88 valence electrons. The normalized spacial score (nSPS) is 26.1. The first-order valence-electron chi connectivity index (χ1n) is 5.67. The van der Waals surface area contributed by atoms with Gasteiger partial charge in [-0.3, -0.25) is 9.69 Å². The van der Waals surface area contributed by atoms with Crippen LogP contribution < -0.4 is 5.73 Å². The summed E-state index contributed by atoms with van der Waals surface area (Å²) >= 11 is 0. The Hall–Kier alpha value is -0.610. The molecule has 2 unspecified atom stereocenters. The minimum absolute atomic E-state index is 0.209. The summed E-state index contributed by atoms with van der Waals surface area (Å²) in [6, 6.07) is 0.615.